The zero-order valence-corrected chi connectivity index (χ0v) is 21.3. The van der Waals surface area contributed by atoms with Gasteiger partial charge in [-0.15, -0.1) is 0 Å². The van der Waals surface area contributed by atoms with Crippen LogP contribution in [0.15, 0.2) is 108 Å². The van der Waals surface area contributed by atoms with Crippen LogP contribution in [0.1, 0.15) is 28.8 Å². The molecule has 3 aromatic rings. The molecule has 2 saturated heterocycles. The van der Waals surface area contributed by atoms with Gasteiger partial charge in [-0.2, -0.15) is 0 Å². The first kappa shape index (κ1) is 26.0. The molecule has 2 amide bonds. The van der Waals surface area contributed by atoms with Crippen LogP contribution >= 0.6 is 0 Å². The summed E-state index contributed by atoms with van der Waals surface area (Å²) in [5, 5.41) is 4.42. The molecule has 0 aromatic heterocycles. The molecule has 0 saturated carbocycles. The van der Waals surface area contributed by atoms with Crippen molar-refractivity contribution >= 4 is 29.2 Å². The first-order valence-corrected chi connectivity index (χ1v) is 12.9. The predicted molar refractivity (Wildman–Crippen MR) is 147 cm³/mol. The minimum atomic E-state index is -0.694. The standard InChI is InChI=1S/C30H29N5O4/c36-28(23-12-6-2-7-13-23)32-26(20-27-30(38)39-33-35(27)25-14-8-3-9-15-25)29(37)31-24-16-18-34(19-17-24)21-22-10-4-1-5-11-22/h1-15,20,24,33H,16-19,21H2,(H,31,37)/b27-20+,32-26?. The molecule has 0 atom stereocenters. The Labute approximate surface area is 226 Å². The van der Waals surface area contributed by atoms with Crippen LogP contribution in [0.2, 0.25) is 0 Å². The number of likely N-dealkylation sites (tertiary alicyclic amines) is 1. The molecule has 9 heteroatoms. The van der Waals surface area contributed by atoms with Crippen LogP contribution in [0.4, 0.5) is 5.69 Å². The molecule has 2 fully saturated rings. The number of benzene rings is 3. The van der Waals surface area contributed by atoms with Crippen molar-refractivity contribution in [2.75, 3.05) is 18.1 Å². The Kier molecular flexibility index (Phi) is 8.20. The topological polar surface area (TPSA) is 103 Å². The van der Waals surface area contributed by atoms with E-state index >= 15 is 0 Å². The van der Waals surface area contributed by atoms with Crippen molar-refractivity contribution in [3.8, 4) is 0 Å². The second kappa shape index (κ2) is 12.3. The van der Waals surface area contributed by atoms with Crippen LogP contribution in [0.3, 0.4) is 0 Å². The predicted octanol–water partition coefficient (Wildman–Crippen LogP) is 3.42. The lowest BCUT2D eigenvalue weighted by atomic mass is 10.0. The molecular formula is C30H29N5O4. The lowest BCUT2D eigenvalue weighted by molar-refractivity contribution is -0.140. The van der Waals surface area contributed by atoms with Gasteiger partial charge in [0.05, 0.1) is 5.69 Å². The molecule has 0 spiro atoms. The second-order valence-corrected chi connectivity index (χ2v) is 9.36. The van der Waals surface area contributed by atoms with Gasteiger partial charge in [-0.05, 0) is 42.7 Å². The minimum absolute atomic E-state index is 0.0358. The van der Waals surface area contributed by atoms with E-state index in [0.29, 0.717) is 11.3 Å². The van der Waals surface area contributed by atoms with Gasteiger partial charge in [0, 0.05) is 37.3 Å². The van der Waals surface area contributed by atoms with Crippen molar-refractivity contribution in [3.63, 3.8) is 0 Å². The number of piperidine rings is 1. The van der Waals surface area contributed by atoms with Gasteiger partial charge in [0.2, 0.25) is 0 Å². The van der Waals surface area contributed by atoms with Crippen molar-refractivity contribution in [1.82, 2.24) is 15.8 Å². The summed E-state index contributed by atoms with van der Waals surface area (Å²) in [5.41, 5.74) is 4.61. The van der Waals surface area contributed by atoms with Crippen LogP contribution in [-0.2, 0) is 21.0 Å². The smallest absolute Gasteiger partial charge is 0.348 e. The maximum atomic E-state index is 13.4. The molecule has 2 aliphatic rings. The fraction of sp³-hybridized carbons (Fsp3) is 0.200. The zero-order chi connectivity index (χ0) is 27.0. The highest BCUT2D eigenvalue weighted by Crippen LogP contribution is 2.22. The molecule has 2 heterocycles. The van der Waals surface area contributed by atoms with Gasteiger partial charge in [-0.1, -0.05) is 72.3 Å². The van der Waals surface area contributed by atoms with Crippen LogP contribution < -0.4 is 15.9 Å². The summed E-state index contributed by atoms with van der Waals surface area (Å²) in [6.45, 7) is 2.51. The van der Waals surface area contributed by atoms with E-state index in [0.717, 1.165) is 32.5 Å². The third-order valence-corrected chi connectivity index (χ3v) is 6.61. The van der Waals surface area contributed by atoms with Crippen molar-refractivity contribution in [1.29, 1.82) is 0 Å². The molecule has 5 rings (SSSR count). The van der Waals surface area contributed by atoms with Gasteiger partial charge in [-0.25, -0.2) is 14.8 Å². The number of rotatable bonds is 7. The SMILES string of the molecule is O=C(NC1CCN(Cc2ccccc2)CC1)C(/C=C1\C(=O)ONN1c1ccccc1)=NC(=O)c1ccccc1. The molecule has 0 bridgehead atoms. The van der Waals surface area contributed by atoms with E-state index < -0.39 is 17.8 Å². The monoisotopic (exact) mass is 523 g/mol. The summed E-state index contributed by atoms with van der Waals surface area (Å²) < 4.78 is 0. The Morgan fingerprint density at radius 3 is 2.21 bits per heavy atom. The highest BCUT2D eigenvalue weighted by atomic mass is 16.7. The number of anilines is 1. The van der Waals surface area contributed by atoms with E-state index in [-0.39, 0.29) is 17.5 Å². The quantitative estimate of drug-likeness (QED) is 0.361. The van der Waals surface area contributed by atoms with Crippen LogP contribution in [0, 0.1) is 0 Å². The minimum Gasteiger partial charge on any atom is -0.348 e. The summed E-state index contributed by atoms with van der Waals surface area (Å²) >= 11 is 0. The number of amides is 2. The number of para-hydroxylation sites is 1. The second-order valence-electron chi connectivity index (χ2n) is 9.36. The fourth-order valence-electron chi connectivity index (χ4n) is 4.54. The van der Waals surface area contributed by atoms with Crippen molar-refractivity contribution < 1.29 is 19.2 Å². The summed E-state index contributed by atoms with van der Waals surface area (Å²) in [4.78, 5) is 50.4. The Bertz CT molecular complexity index is 1370. The highest BCUT2D eigenvalue weighted by Gasteiger charge is 2.31. The number of carbonyl (C=O) groups excluding carboxylic acids is 3. The summed E-state index contributed by atoms with van der Waals surface area (Å²) in [6.07, 6.45) is 2.81. The first-order chi connectivity index (χ1) is 19.1. The van der Waals surface area contributed by atoms with E-state index in [1.807, 2.05) is 36.4 Å². The summed E-state index contributed by atoms with van der Waals surface area (Å²) in [5.74, 6) is -1.80. The van der Waals surface area contributed by atoms with E-state index in [2.05, 4.69) is 32.9 Å². The Balaban J connectivity index is 1.34. The van der Waals surface area contributed by atoms with E-state index in [4.69, 9.17) is 4.84 Å². The van der Waals surface area contributed by atoms with Crippen LogP contribution in [0.25, 0.3) is 0 Å². The Hall–Kier alpha value is -4.60. The molecule has 0 unspecified atom stereocenters. The molecule has 2 aliphatic heterocycles. The maximum Gasteiger partial charge on any atom is 0.376 e. The normalized spacial score (nSPS) is 17.7. The molecule has 0 radical (unpaired) electrons. The van der Waals surface area contributed by atoms with Crippen LogP contribution in [0.5, 0.6) is 0 Å². The van der Waals surface area contributed by atoms with Crippen molar-refractivity contribution in [3.05, 3.63) is 114 Å². The van der Waals surface area contributed by atoms with Gasteiger partial charge in [-0.3, -0.25) is 14.5 Å². The lowest BCUT2D eigenvalue weighted by Crippen LogP contribution is -2.46. The number of aliphatic imine (C=N–C) groups is 1. The molecular weight excluding hydrogens is 494 g/mol. The van der Waals surface area contributed by atoms with Crippen molar-refractivity contribution in [2.45, 2.75) is 25.4 Å². The number of hydrogen-bond acceptors (Lipinski definition) is 7. The molecule has 39 heavy (non-hydrogen) atoms. The average molecular weight is 524 g/mol. The number of carbonyl (C=O) groups is 3. The zero-order valence-electron chi connectivity index (χ0n) is 21.3. The molecule has 2 N–H and O–H groups in total. The summed E-state index contributed by atoms with van der Waals surface area (Å²) in [6, 6.07) is 27.7. The highest BCUT2D eigenvalue weighted by molar-refractivity contribution is 6.45. The summed E-state index contributed by atoms with van der Waals surface area (Å²) in [7, 11) is 0. The maximum absolute atomic E-state index is 13.4. The molecule has 9 nitrogen and oxygen atoms in total. The fourth-order valence-corrected chi connectivity index (χ4v) is 4.54. The van der Waals surface area contributed by atoms with Gasteiger partial charge < -0.3 is 10.2 Å². The van der Waals surface area contributed by atoms with Crippen molar-refractivity contribution in [2.24, 2.45) is 4.99 Å². The molecule has 0 aliphatic carbocycles. The van der Waals surface area contributed by atoms with Gasteiger partial charge in [0.25, 0.3) is 11.8 Å². The lowest BCUT2D eigenvalue weighted by Gasteiger charge is -2.32. The van der Waals surface area contributed by atoms with E-state index in [1.165, 1.54) is 16.6 Å². The number of nitrogens with one attached hydrogen (secondary N) is 2. The number of hydrazine groups is 1. The van der Waals surface area contributed by atoms with Gasteiger partial charge >= 0.3 is 5.97 Å². The number of nitrogens with zero attached hydrogens (tertiary/aromatic N) is 3. The largest absolute Gasteiger partial charge is 0.376 e. The Morgan fingerprint density at radius 1 is 0.923 bits per heavy atom. The van der Waals surface area contributed by atoms with E-state index in [9.17, 15) is 14.4 Å². The molecule has 198 valence electrons. The van der Waals surface area contributed by atoms with Gasteiger partial charge in [0.15, 0.2) is 5.70 Å². The van der Waals surface area contributed by atoms with E-state index in [1.54, 1.807) is 42.5 Å². The van der Waals surface area contributed by atoms with Crippen LogP contribution in [-0.4, -0.2) is 47.5 Å². The third-order valence-electron chi connectivity index (χ3n) is 6.61. The third kappa shape index (κ3) is 6.64. The average Bonchev–Trinajstić information content (AvgIpc) is 3.34. The Morgan fingerprint density at radius 2 is 1.54 bits per heavy atom. The van der Waals surface area contributed by atoms with Gasteiger partial charge in [0.1, 0.15) is 5.71 Å². The number of hydrogen-bond donors (Lipinski definition) is 2. The molecule has 3 aromatic carbocycles. The first-order valence-electron chi connectivity index (χ1n) is 12.9.